The molecule has 4 amide bonds. The number of rotatable bonds is 6. The highest BCUT2D eigenvalue weighted by Gasteiger charge is 2.67. The number of ether oxygens (including phenoxy) is 2. The van der Waals surface area contributed by atoms with Crippen LogP contribution in [0.4, 0.5) is 35.4 Å². The third kappa shape index (κ3) is 9.07. The van der Waals surface area contributed by atoms with Gasteiger partial charge in [-0.05, 0) is 83.5 Å². The maximum absolute atomic E-state index is 15.2. The van der Waals surface area contributed by atoms with Gasteiger partial charge >= 0.3 is 12.2 Å². The number of imide groups is 1. The molecular formula is C33H30Cl5F2N3O6. The fourth-order valence-electron chi connectivity index (χ4n) is 4.65. The van der Waals surface area contributed by atoms with Crippen molar-refractivity contribution in [2.75, 3.05) is 15.5 Å². The first-order valence-corrected chi connectivity index (χ1v) is 16.4. The second-order valence-corrected chi connectivity index (χ2v) is 15.7. The van der Waals surface area contributed by atoms with Crippen LogP contribution in [0, 0.1) is 17.6 Å². The second kappa shape index (κ2) is 14.1. The summed E-state index contributed by atoms with van der Waals surface area (Å²) in [4.78, 5) is 52.9. The van der Waals surface area contributed by atoms with Crippen LogP contribution in [0.1, 0.15) is 63.4 Å². The van der Waals surface area contributed by atoms with E-state index in [-0.39, 0.29) is 26.2 Å². The summed E-state index contributed by atoms with van der Waals surface area (Å²) < 4.78 is 39.2. The SMILES string of the molecule is CC(C)(C)OC(=O)N(C(=O)OC(C)(C)C)c1cc(NC(=O)c2cc(NC(=O)C3[C@H](c4ccc(Cl)c(Cl)c4)C3(Cl)Cl)ccc2Cl)c(F)cc1F. The molecule has 16 heteroatoms. The molecule has 1 unspecified atom stereocenters. The highest BCUT2D eigenvalue weighted by molar-refractivity contribution is 6.53. The number of alkyl halides is 2. The molecule has 0 saturated heterocycles. The Kier molecular flexibility index (Phi) is 11.1. The monoisotopic (exact) mass is 777 g/mol. The zero-order valence-corrected chi connectivity index (χ0v) is 30.6. The van der Waals surface area contributed by atoms with Gasteiger partial charge in [0.25, 0.3) is 5.91 Å². The quantitative estimate of drug-likeness (QED) is 0.241. The van der Waals surface area contributed by atoms with Crippen molar-refractivity contribution in [1.82, 2.24) is 0 Å². The molecule has 0 spiro atoms. The molecule has 0 aromatic heterocycles. The molecule has 0 heterocycles. The van der Waals surface area contributed by atoms with Crippen molar-refractivity contribution >= 4 is 99.1 Å². The molecule has 3 aromatic rings. The molecule has 1 fully saturated rings. The van der Waals surface area contributed by atoms with E-state index >= 15 is 8.78 Å². The first-order chi connectivity index (χ1) is 22.5. The van der Waals surface area contributed by atoms with Crippen LogP contribution in [0.15, 0.2) is 48.5 Å². The molecule has 49 heavy (non-hydrogen) atoms. The first-order valence-electron chi connectivity index (χ1n) is 14.5. The molecule has 9 nitrogen and oxygen atoms in total. The van der Waals surface area contributed by atoms with Gasteiger partial charge in [-0.15, -0.1) is 23.2 Å². The van der Waals surface area contributed by atoms with Crippen molar-refractivity contribution in [1.29, 1.82) is 0 Å². The van der Waals surface area contributed by atoms with Crippen molar-refractivity contribution in [2.45, 2.75) is 63.0 Å². The number of nitrogens with zero attached hydrogens (tertiary/aromatic N) is 1. The van der Waals surface area contributed by atoms with Gasteiger partial charge in [0, 0.05) is 17.7 Å². The first kappa shape index (κ1) is 38.5. The Bertz CT molecular complexity index is 1820. The Morgan fingerprint density at radius 3 is 1.88 bits per heavy atom. The van der Waals surface area contributed by atoms with Crippen LogP contribution in [0.25, 0.3) is 0 Å². The lowest BCUT2D eigenvalue weighted by molar-refractivity contribution is -0.117. The van der Waals surface area contributed by atoms with Crippen molar-refractivity contribution < 1.29 is 37.4 Å². The zero-order chi connectivity index (χ0) is 36.8. The average molecular weight is 780 g/mol. The molecule has 0 radical (unpaired) electrons. The van der Waals surface area contributed by atoms with Gasteiger partial charge in [0.05, 0.1) is 37.9 Å². The van der Waals surface area contributed by atoms with Gasteiger partial charge in [0.15, 0.2) is 5.82 Å². The van der Waals surface area contributed by atoms with Gasteiger partial charge in [-0.25, -0.2) is 18.4 Å². The third-order valence-corrected chi connectivity index (χ3v) is 8.80. The molecule has 3 aromatic carbocycles. The summed E-state index contributed by atoms with van der Waals surface area (Å²) in [5.41, 5.74) is -3.12. The second-order valence-electron chi connectivity index (χ2n) is 13.0. The summed E-state index contributed by atoms with van der Waals surface area (Å²) in [5, 5.41) is 5.38. The standard InChI is InChI=1S/C33H30Cl5F2N3O6/c1-31(2,3)48-29(46)43(30(47)49-32(4,5)6)24-14-23(21(39)13-22(24)40)42-27(44)17-12-16(8-10-18(17)34)41-28(45)26-25(33(26,37)38)15-7-9-19(35)20(36)11-15/h7-14,25-26H,1-6H3,(H,41,45)(H,42,44)/t25-,26?/m0/s1. The summed E-state index contributed by atoms with van der Waals surface area (Å²) in [5.74, 6) is -5.64. The lowest BCUT2D eigenvalue weighted by atomic mass is 10.1. The summed E-state index contributed by atoms with van der Waals surface area (Å²) in [6.45, 7) is 9.12. The largest absolute Gasteiger partial charge is 0.443 e. The average Bonchev–Trinajstić information content (AvgIpc) is 3.53. The van der Waals surface area contributed by atoms with Crippen LogP contribution >= 0.6 is 58.0 Å². The highest BCUT2D eigenvalue weighted by Crippen LogP contribution is 2.65. The van der Waals surface area contributed by atoms with Crippen LogP contribution in [0.5, 0.6) is 0 Å². The predicted molar refractivity (Wildman–Crippen MR) is 186 cm³/mol. The van der Waals surface area contributed by atoms with Crippen molar-refractivity contribution in [2.24, 2.45) is 5.92 Å². The van der Waals surface area contributed by atoms with E-state index < -0.39 is 74.4 Å². The number of anilines is 3. The van der Waals surface area contributed by atoms with Gasteiger partial charge in [0.1, 0.15) is 21.4 Å². The van der Waals surface area contributed by atoms with Crippen LogP contribution < -0.4 is 15.5 Å². The number of carbonyl (C=O) groups is 4. The molecule has 0 aliphatic heterocycles. The summed E-state index contributed by atoms with van der Waals surface area (Å²) in [6.07, 6.45) is -2.63. The molecule has 0 bridgehead atoms. The smallest absolute Gasteiger partial charge is 0.424 e. The van der Waals surface area contributed by atoms with E-state index in [9.17, 15) is 19.2 Å². The summed E-state index contributed by atoms with van der Waals surface area (Å²) in [7, 11) is 0. The van der Waals surface area contributed by atoms with Gasteiger partial charge in [0.2, 0.25) is 5.91 Å². The lowest BCUT2D eigenvalue weighted by Crippen LogP contribution is -2.44. The van der Waals surface area contributed by atoms with Gasteiger partial charge < -0.3 is 20.1 Å². The van der Waals surface area contributed by atoms with E-state index in [2.05, 4.69) is 10.6 Å². The van der Waals surface area contributed by atoms with Gasteiger partial charge in [-0.2, -0.15) is 4.90 Å². The minimum absolute atomic E-state index is 0.0912. The van der Waals surface area contributed by atoms with Gasteiger partial charge in [-0.3, -0.25) is 9.59 Å². The van der Waals surface area contributed by atoms with Crippen molar-refractivity contribution in [3.05, 3.63) is 86.4 Å². The maximum Gasteiger partial charge on any atom is 0.424 e. The van der Waals surface area contributed by atoms with E-state index in [1.54, 1.807) is 18.2 Å². The summed E-state index contributed by atoms with van der Waals surface area (Å²) in [6, 6.07) is 9.80. The number of carbonyl (C=O) groups excluding carboxylic acids is 4. The molecular weight excluding hydrogens is 750 g/mol. The van der Waals surface area contributed by atoms with Crippen molar-refractivity contribution in [3.8, 4) is 0 Å². The number of amides is 4. The molecule has 2 N–H and O–H groups in total. The Morgan fingerprint density at radius 2 is 1.33 bits per heavy atom. The molecule has 2 atom stereocenters. The molecule has 1 aliphatic rings. The highest BCUT2D eigenvalue weighted by atomic mass is 35.5. The van der Waals surface area contributed by atoms with Crippen molar-refractivity contribution in [3.63, 3.8) is 0 Å². The Labute approximate surface area is 306 Å². The molecule has 1 saturated carbocycles. The predicted octanol–water partition coefficient (Wildman–Crippen LogP) is 10.4. The lowest BCUT2D eigenvalue weighted by Gasteiger charge is -2.29. The Hall–Kier alpha value is -3.35. The number of nitrogens with one attached hydrogen (secondary N) is 2. The molecule has 4 rings (SSSR count). The fraction of sp³-hybridized carbons (Fsp3) is 0.333. The molecule has 262 valence electrons. The van der Waals surface area contributed by atoms with E-state index in [1.807, 2.05) is 0 Å². The molecule has 1 aliphatic carbocycles. The van der Waals surface area contributed by atoms with E-state index in [0.29, 0.717) is 16.7 Å². The van der Waals surface area contributed by atoms with E-state index in [1.165, 1.54) is 59.7 Å². The number of halogens is 7. The summed E-state index contributed by atoms with van der Waals surface area (Å²) >= 11 is 31.3. The minimum Gasteiger partial charge on any atom is -0.443 e. The van der Waals surface area contributed by atoms with Crippen LogP contribution in [-0.4, -0.2) is 39.5 Å². The van der Waals surface area contributed by atoms with Gasteiger partial charge in [-0.1, -0.05) is 40.9 Å². The number of benzene rings is 3. The number of hydrogen-bond acceptors (Lipinski definition) is 6. The van der Waals surface area contributed by atoms with Crippen LogP contribution in [-0.2, 0) is 14.3 Å². The fourth-order valence-corrected chi connectivity index (χ4v) is 5.99. The van der Waals surface area contributed by atoms with Crippen LogP contribution in [0.2, 0.25) is 15.1 Å². The maximum atomic E-state index is 15.2. The topological polar surface area (TPSA) is 114 Å². The van der Waals surface area contributed by atoms with E-state index in [0.717, 1.165) is 6.07 Å². The Balaban J connectivity index is 1.59. The van der Waals surface area contributed by atoms with E-state index in [4.69, 9.17) is 67.5 Å². The van der Waals surface area contributed by atoms with Crippen LogP contribution in [0.3, 0.4) is 0 Å². The zero-order valence-electron chi connectivity index (χ0n) is 26.8. The third-order valence-electron chi connectivity index (χ3n) is 6.80. The normalized spacial score (nSPS) is 16.8. The number of hydrogen-bond donors (Lipinski definition) is 2. The Morgan fingerprint density at radius 1 is 0.755 bits per heavy atom. The minimum atomic E-state index is -1.46.